The Morgan fingerprint density at radius 3 is 2.44 bits per heavy atom. The fraction of sp³-hybridized carbons (Fsp3) is 0.600. The largest absolute Gasteiger partial charge is 0.371 e. The molecule has 0 bridgehead atoms. The first kappa shape index (κ1) is 15.5. The van der Waals surface area contributed by atoms with Crippen LogP contribution >= 0.6 is 15.9 Å². The van der Waals surface area contributed by atoms with E-state index in [4.69, 9.17) is 0 Å². The molecule has 0 aliphatic heterocycles. The summed E-state index contributed by atoms with van der Waals surface area (Å²) in [5.74, 6) is 0.642. The molecule has 3 heteroatoms. The summed E-state index contributed by atoms with van der Waals surface area (Å²) < 4.78 is 1.17. The molecule has 1 aromatic rings. The number of nitrogens with one attached hydrogen (secondary N) is 1. The van der Waals surface area contributed by atoms with E-state index in [9.17, 15) is 0 Å². The number of hydrogen-bond donors (Lipinski definition) is 1. The molecule has 1 aromatic carbocycles. The standard InChI is InChI=1S/C15H25BrN2/c1-6-17-10-13-7-8-15(14(16)9-13)18(5)12(4)11(2)3/h7-9,11-12,17H,6,10H2,1-5H3. The van der Waals surface area contributed by atoms with Crippen molar-refractivity contribution in [2.45, 2.75) is 40.3 Å². The lowest BCUT2D eigenvalue weighted by atomic mass is 10.0. The maximum Gasteiger partial charge on any atom is 0.0510 e. The first-order chi connectivity index (χ1) is 8.47. The second-order valence-electron chi connectivity index (χ2n) is 5.16. The van der Waals surface area contributed by atoms with Crippen LogP contribution in [0, 0.1) is 5.92 Å². The molecule has 0 saturated heterocycles. The average molecular weight is 313 g/mol. The molecule has 0 heterocycles. The lowest BCUT2D eigenvalue weighted by Gasteiger charge is -2.31. The molecule has 1 unspecified atom stereocenters. The van der Waals surface area contributed by atoms with Crippen molar-refractivity contribution in [2.75, 3.05) is 18.5 Å². The Kier molecular flexibility index (Phi) is 6.16. The maximum atomic E-state index is 3.69. The van der Waals surface area contributed by atoms with Crippen molar-refractivity contribution in [1.29, 1.82) is 0 Å². The monoisotopic (exact) mass is 312 g/mol. The van der Waals surface area contributed by atoms with Gasteiger partial charge < -0.3 is 10.2 Å². The van der Waals surface area contributed by atoms with E-state index in [1.165, 1.54) is 15.7 Å². The Balaban J connectivity index is 2.84. The normalized spacial score (nSPS) is 12.8. The Labute approximate surface area is 120 Å². The van der Waals surface area contributed by atoms with Gasteiger partial charge in [-0.25, -0.2) is 0 Å². The highest BCUT2D eigenvalue weighted by Gasteiger charge is 2.15. The third-order valence-corrected chi connectivity index (χ3v) is 4.18. The van der Waals surface area contributed by atoms with E-state index in [0.29, 0.717) is 12.0 Å². The average Bonchev–Trinajstić information content (AvgIpc) is 2.34. The van der Waals surface area contributed by atoms with Gasteiger partial charge in [0, 0.05) is 24.1 Å². The third-order valence-electron chi connectivity index (χ3n) is 3.55. The van der Waals surface area contributed by atoms with Crippen LogP contribution in [-0.2, 0) is 6.54 Å². The van der Waals surface area contributed by atoms with Crippen molar-refractivity contribution in [3.8, 4) is 0 Å². The minimum absolute atomic E-state index is 0.529. The van der Waals surface area contributed by atoms with Gasteiger partial charge in [-0.2, -0.15) is 0 Å². The van der Waals surface area contributed by atoms with Crippen LogP contribution in [0.5, 0.6) is 0 Å². The van der Waals surface area contributed by atoms with E-state index in [1.54, 1.807) is 0 Å². The molecule has 1 atom stereocenters. The summed E-state index contributed by atoms with van der Waals surface area (Å²) in [6.45, 7) is 10.8. The molecule has 1 rings (SSSR count). The molecule has 0 aliphatic rings. The quantitative estimate of drug-likeness (QED) is 0.853. The molecule has 0 radical (unpaired) electrons. The zero-order valence-electron chi connectivity index (χ0n) is 12.1. The van der Waals surface area contributed by atoms with Gasteiger partial charge in [-0.3, -0.25) is 0 Å². The number of nitrogens with zero attached hydrogens (tertiary/aromatic N) is 1. The van der Waals surface area contributed by atoms with Crippen molar-refractivity contribution in [1.82, 2.24) is 5.32 Å². The summed E-state index contributed by atoms with van der Waals surface area (Å²) in [6.07, 6.45) is 0. The van der Waals surface area contributed by atoms with Gasteiger partial charge >= 0.3 is 0 Å². The third kappa shape index (κ3) is 3.99. The van der Waals surface area contributed by atoms with E-state index < -0.39 is 0 Å². The highest BCUT2D eigenvalue weighted by Crippen LogP contribution is 2.29. The van der Waals surface area contributed by atoms with Crippen LogP contribution in [0.4, 0.5) is 5.69 Å². The van der Waals surface area contributed by atoms with Crippen molar-refractivity contribution >= 4 is 21.6 Å². The van der Waals surface area contributed by atoms with Crippen LogP contribution in [0.15, 0.2) is 22.7 Å². The SMILES string of the molecule is CCNCc1ccc(N(C)C(C)C(C)C)c(Br)c1. The second-order valence-corrected chi connectivity index (χ2v) is 6.02. The van der Waals surface area contributed by atoms with Crippen molar-refractivity contribution in [3.63, 3.8) is 0 Å². The van der Waals surface area contributed by atoms with Gasteiger partial charge in [0.2, 0.25) is 0 Å². The molecular formula is C15H25BrN2. The molecule has 0 saturated carbocycles. The summed E-state index contributed by atoms with van der Waals surface area (Å²) >= 11 is 3.69. The van der Waals surface area contributed by atoms with E-state index in [0.717, 1.165) is 13.1 Å². The van der Waals surface area contributed by atoms with Gasteiger partial charge in [-0.05, 0) is 53.0 Å². The van der Waals surface area contributed by atoms with Gasteiger partial charge in [0.1, 0.15) is 0 Å². The van der Waals surface area contributed by atoms with E-state index >= 15 is 0 Å². The summed E-state index contributed by atoms with van der Waals surface area (Å²) in [7, 11) is 2.16. The molecular weight excluding hydrogens is 288 g/mol. The van der Waals surface area contributed by atoms with Gasteiger partial charge in [0.25, 0.3) is 0 Å². The molecule has 0 aromatic heterocycles. The van der Waals surface area contributed by atoms with E-state index in [-0.39, 0.29) is 0 Å². The summed E-state index contributed by atoms with van der Waals surface area (Å²) in [4.78, 5) is 2.34. The first-order valence-electron chi connectivity index (χ1n) is 6.69. The first-order valence-corrected chi connectivity index (χ1v) is 7.48. The van der Waals surface area contributed by atoms with E-state index in [2.05, 4.69) is 79.1 Å². The molecule has 18 heavy (non-hydrogen) atoms. The summed E-state index contributed by atoms with van der Waals surface area (Å²) in [5, 5.41) is 3.35. The molecule has 0 spiro atoms. The number of benzene rings is 1. The summed E-state index contributed by atoms with van der Waals surface area (Å²) in [6, 6.07) is 7.14. The highest BCUT2D eigenvalue weighted by atomic mass is 79.9. The minimum atomic E-state index is 0.529. The number of anilines is 1. The predicted molar refractivity (Wildman–Crippen MR) is 84.2 cm³/mol. The lowest BCUT2D eigenvalue weighted by molar-refractivity contribution is 0.505. The zero-order valence-corrected chi connectivity index (χ0v) is 13.7. The van der Waals surface area contributed by atoms with Gasteiger partial charge in [-0.1, -0.05) is 26.8 Å². The van der Waals surface area contributed by atoms with Crippen LogP contribution in [0.2, 0.25) is 0 Å². The predicted octanol–water partition coefficient (Wildman–Crippen LogP) is 4.04. The summed E-state index contributed by atoms with van der Waals surface area (Å²) in [5.41, 5.74) is 2.58. The van der Waals surface area contributed by atoms with Crippen LogP contribution in [0.3, 0.4) is 0 Å². The Morgan fingerprint density at radius 1 is 1.28 bits per heavy atom. The maximum absolute atomic E-state index is 3.69. The van der Waals surface area contributed by atoms with Gasteiger partial charge in [-0.15, -0.1) is 0 Å². The Bertz CT molecular complexity index is 377. The Morgan fingerprint density at radius 2 is 1.94 bits per heavy atom. The fourth-order valence-electron chi connectivity index (χ4n) is 1.88. The smallest absolute Gasteiger partial charge is 0.0510 e. The van der Waals surface area contributed by atoms with Gasteiger partial charge in [0.05, 0.1) is 5.69 Å². The fourth-order valence-corrected chi connectivity index (χ4v) is 2.59. The van der Waals surface area contributed by atoms with Crippen molar-refractivity contribution < 1.29 is 0 Å². The van der Waals surface area contributed by atoms with Crippen LogP contribution in [0.1, 0.15) is 33.3 Å². The van der Waals surface area contributed by atoms with Crippen LogP contribution in [-0.4, -0.2) is 19.6 Å². The van der Waals surface area contributed by atoms with Crippen LogP contribution < -0.4 is 10.2 Å². The zero-order chi connectivity index (χ0) is 13.7. The lowest BCUT2D eigenvalue weighted by Crippen LogP contribution is -2.33. The molecule has 0 amide bonds. The Hall–Kier alpha value is -0.540. The van der Waals surface area contributed by atoms with Gasteiger partial charge in [0.15, 0.2) is 0 Å². The molecule has 102 valence electrons. The molecule has 2 nitrogen and oxygen atoms in total. The topological polar surface area (TPSA) is 15.3 Å². The highest BCUT2D eigenvalue weighted by molar-refractivity contribution is 9.10. The molecule has 0 aliphatic carbocycles. The molecule has 1 N–H and O–H groups in total. The van der Waals surface area contributed by atoms with Crippen molar-refractivity contribution in [3.05, 3.63) is 28.2 Å². The van der Waals surface area contributed by atoms with E-state index in [1.807, 2.05) is 0 Å². The number of rotatable bonds is 6. The van der Waals surface area contributed by atoms with Crippen LogP contribution in [0.25, 0.3) is 0 Å². The second kappa shape index (κ2) is 7.15. The van der Waals surface area contributed by atoms with Crippen molar-refractivity contribution in [2.24, 2.45) is 5.92 Å². The molecule has 0 fully saturated rings. The minimum Gasteiger partial charge on any atom is -0.371 e. The number of halogens is 1. The number of hydrogen-bond acceptors (Lipinski definition) is 2.